The van der Waals surface area contributed by atoms with Crippen molar-refractivity contribution < 1.29 is 9.18 Å². The first-order chi connectivity index (χ1) is 11.0. The molecular weight excluding hydrogens is 359 g/mol. The molecule has 0 aromatic heterocycles. The molecule has 1 amide bonds. The van der Waals surface area contributed by atoms with Crippen molar-refractivity contribution >= 4 is 21.8 Å². The molecule has 2 aromatic carbocycles. The summed E-state index contributed by atoms with van der Waals surface area (Å²) in [7, 11) is 0. The molecule has 3 N–H and O–H groups in total. The lowest BCUT2D eigenvalue weighted by molar-refractivity contribution is -0.121. The number of hydrogen-bond acceptors (Lipinski definition) is 2. The second-order valence-corrected chi connectivity index (χ2v) is 6.54. The Bertz CT molecular complexity index is 630. The van der Waals surface area contributed by atoms with Gasteiger partial charge in [0.1, 0.15) is 5.82 Å². The fourth-order valence-electron chi connectivity index (χ4n) is 2.32. The highest BCUT2D eigenvalue weighted by atomic mass is 79.9. The second-order valence-electron chi connectivity index (χ2n) is 5.63. The first kappa shape index (κ1) is 17.6. The average Bonchev–Trinajstić information content (AvgIpc) is 2.50. The maximum Gasteiger partial charge on any atom is 0.220 e. The van der Waals surface area contributed by atoms with Gasteiger partial charge in [-0.05, 0) is 48.7 Å². The number of nitrogens with one attached hydrogen (secondary N) is 1. The summed E-state index contributed by atoms with van der Waals surface area (Å²) in [5.74, 6) is -0.427. The molecule has 3 nitrogen and oxygen atoms in total. The van der Waals surface area contributed by atoms with Gasteiger partial charge in [-0.2, -0.15) is 0 Å². The number of carbonyl (C=O) groups excluding carboxylic acids is 1. The topological polar surface area (TPSA) is 55.1 Å². The van der Waals surface area contributed by atoms with Crippen molar-refractivity contribution in [1.29, 1.82) is 0 Å². The quantitative estimate of drug-likeness (QED) is 0.799. The lowest BCUT2D eigenvalue weighted by atomic mass is 9.98. The molecule has 0 saturated carbocycles. The van der Waals surface area contributed by atoms with E-state index in [1.165, 1.54) is 12.1 Å². The summed E-state index contributed by atoms with van der Waals surface area (Å²) in [5, 5.41) is 2.98. The summed E-state index contributed by atoms with van der Waals surface area (Å²) in [4.78, 5) is 12.2. The van der Waals surface area contributed by atoms with Gasteiger partial charge in [0.2, 0.25) is 5.91 Å². The van der Waals surface area contributed by atoms with Gasteiger partial charge in [0.15, 0.2) is 0 Å². The van der Waals surface area contributed by atoms with Crippen LogP contribution in [0.4, 0.5) is 4.39 Å². The zero-order chi connectivity index (χ0) is 16.8. The average molecular weight is 379 g/mol. The van der Waals surface area contributed by atoms with E-state index in [1.54, 1.807) is 12.1 Å². The molecule has 0 aliphatic carbocycles. The van der Waals surface area contributed by atoms with Crippen LogP contribution in [0.5, 0.6) is 0 Å². The van der Waals surface area contributed by atoms with Crippen LogP contribution in [0.3, 0.4) is 0 Å². The number of benzene rings is 2. The Morgan fingerprint density at radius 1 is 1.22 bits per heavy atom. The van der Waals surface area contributed by atoms with Gasteiger partial charge >= 0.3 is 0 Å². The van der Waals surface area contributed by atoms with Crippen LogP contribution in [-0.2, 0) is 4.79 Å². The summed E-state index contributed by atoms with van der Waals surface area (Å²) in [6, 6.07) is 13.5. The minimum atomic E-state index is -0.399. The molecule has 0 aliphatic heterocycles. The van der Waals surface area contributed by atoms with E-state index in [1.807, 2.05) is 31.2 Å². The van der Waals surface area contributed by atoms with Gasteiger partial charge in [0.05, 0.1) is 6.04 Å². The zero-order valence-corrected chi connectivity index (χ0v) is 14.5. The molecular formula is C18H20BrFN2O. The largest absolute Gasteiger partial charge is 0.345 e. The van der Waals surface area contributed by atoms with Crippen LogP contribution >= 0.6 is 15.9 Å². The number of halogens is 2. The molecule has 122 valence electrons. The molecule has 0 heterocycles. The second kappa shape index (κ2) is 8.22. The Hall–Kier alpha value is -1.72. The molecule has 23 heavy (non-hydrogen) atoms. The number of nitrogens with two attached hydrogens (primary N) is 1. The molecule has 0 spiro atoms. The highest BCUT2D eigenvalue weighted by Crippen LogP contribution is 2.25. The van der Waals surface area contributed by atoms with Crippen LogP contribution in [-0.4, -0.2) is 11.9 Å². The Kier molecular flexibility index (Phi) is 6.30. The van der Waals surface area contributed by atoms with Gasteiger partial charge in [-0.1, -0.05) is 40.2 Å². The van der Waals surface area contributed by atoms with E-state index in [-0.39, 0.29) is 17.8 Å². The molecule has 2 atom stereocenters. The van der Waals surface area contributed by atoms with E-state index in [0.717, 1.165) is 10.0 Å². The summed E-state index contributed by atoms with van der Waals surface area (Å²) in [6.07, 6.45) is 0.956. The van der Waals surface area contributed by atoms with Gasteiger partial charge in [0.25, 0.3) is 0 Å². The van der Waals surface area contributed by atoms with Gasteiger partial charge in [0, 0.05) is 16.9 Å². The maximum absolute atomic E-state index is 13.6. The van der Waals surface area contributed by atoms with E-state index >= 15 is 0 Å². The molecule has 2 aromatic rings. The summed E-state index contributed by atoms with van der Waals surface area (Å²) >= 11 is 3.43. The Labute approximate surface area is 144 Å². The van der Waals surface area contributed by atoms with Gasteiger partial charge in [-0.3, -0.25) is 4.79 Å². The van der Waals surface area contributed by atoms with Gasteiger partial charge < -0.3 is 11.1 Å². The van der Waals surface area contributed by atoms with Crippen molar-refractivity contribution in [3.63, 3.8) is 0 Å². The third-order valence-electron chi connectivity index (χ3n) is 3.50. The number of amides is 1. The van der Waals surface area contributed by atoms with Crippen molar-refractivity contribution in [2.45, 2.75) is 31.8 Å². The van der Waals surface area contributed by atoms with Crippen LogP contribution < -0.4 is 11.1 Å². The third-order valence-corrected chi connectivity index (χ3v) is 3.99. The van der Waals surface area contributed by atoms with Crippen molar-refractivity contribution in [2.24, 2.45) is 5.73 Å². The van der Waals surface area contributed by atoms with Crippen molar-refractivity contribution in [1.82, 2.24) is 5.32 Å². The molecule has 0 saturated heterocycles. The maximum atomic E-state index is 13.6. The van der Waals surface area contributed by atoms with Crippen molar-refractivity contribution in [2.75, 3.05) is 0 Å². The number of hydrogen-bond donors (Lipinski definition) is 2. The predicted molar refractivity (Wildman–Crippen MR) is 93.4 cm³/mol. The molecule has 0 fully saturated rings. The van der Waals surface area contributed by atoms with Gasteiger partial charge in [-0.25, -0.2) is 4.39 Å². The normalized spacial score (nSPS) is 13.4. The Balaban J connectivity index is 2.26. The zero-order valence-electron chi connectivity index (χ0n) is 12.9. The number of carbonyl (C=O) groups is 1. The molecule has 2 rings (SSSR count). The van der Waals surface area contributed by atoms with Crippen molar-refractivity contribution in [3.8, 4) is 0 Å². The van der Waals surface area contributed by atoms with E-state index in [4.69, 9.17) is 5.73 Å². The SMILES string of the molecule is CC(N)CCC(=O)NC(c1cccc(F)c1)c1cccc(Br)c1. The third kappa shape index (κ3) is 5.44. The molecule has 5 heteroatoms. The summed E-state index contributed by atoms with van der Waals surface area (Å²) in [6.45, 7) is 1.87. The van der Waals surface area contributed by atoms with E-state index < -0.39 is 6.04 Å². The molecule has 2 unspecified atom stereocenters. The van der Waals surface area contributed by atoms with Crippen LogP contribution in [0.2, 0.25) is 0 Å². The van der Waals surface area contributed by atoms with Crippen LogP contribution in [0.1, 0.15) is 36.9 Å². The molecule has 0 radical (unpaired) electrons. The summed E-state index contributed by atoms with van der Waals surface area (Å²) < 4.78 is 14.5. The molecule has 0 bridgehead atoms. The predicted octanol–water partition coefficient (Wildman–Crippen LogP) is 3.92. The fraction of sp³-hybridized carbons (Fsp3) is 0.278. The highest BCUT2D eigenvalue weighted by Gasteiger charge is 2.18. The minimum absolute atomic E-state index is 0.0285. The molecule has 0 aliphatic rings. The van der Waals surface area contributed by atoms with Crippen LogP contribution in [0, 0.1) is 5.82 Å². The number of rotatable bonds is 6. The van der Waals surface area contributed by atoms with Crippen molar-refractivity contribution in [3.05, 3.63) is 69.9 Å². The lowest BCUT2D eigenvalue weighted by Gasteiger charge is -2.20. The van der Waals surface area contributed by atoms with E-state index in [0.29, 0.717) is 18.4 Å². The van der Waals surface area contributed by atoms with Crippen LogP contribution in [0.15, 0.2) is 53.0 Å². The first-order valence-corrected chi connectivity index (χ1v) is 8.31. The lowest BCUT2D eigenvalue weighted by Crippen LogP contribution is -2.30. The fourth-order valence-corrected chi connectivity index (χ4v) is 2.74. The Morgan fingerprint density at radius 2 is 1.87 bits per heavy atom. The Morgan fingerprint density at radius 3 is 2.48 bits per heavy atom. The monoisotopic (exact) mass is 378 g/mol. The summed E-state index contributed by atoms with van der Waals surface area (Å²) in [5.41, 5.74) is 7.29. The minimum Gasteiger partial charge on any atom is -0.345 e. The van der Waals surface area contributed by atoms with Crippen LogP contribution in [0.25, 0.3) is 0 Å². The van der Waals surface area contributed by atoms with E-state index in [2.05, 4.69) is 21.2 Å². The smallest absolute Gasteiger partial charge is 0.220 e. The standard InChI is InChI=1S/C18H20BrFN2O/c1-12(21)8-9-17(23)22-18(13-4-2-6-15(19)10-13)14-5-3-7-16(20)11-14/h2-7,10-12,18H,8-9,21H2,1H3,(H,22,23). The highest BCUT2D eigenvalue weighted by molar-refractivity contribution is 9.10. The van der Waals surface area contributed by atoms with Gasteiger partial charge in [-0.15, -0.1) is 0 Å². The van der Waals surface area contributed by atoms with E-state index in [9.17, 15) is 9.18 Å². The first-order valence-electron chi connectivity index (χ1n) is 7.51.